The molecule has 18 heavy (non-hydrogen) atoms. The molecule has 3 nitrogen and oxygen atoms in total. The fourth-order valence-electron chi connectivity index (χ4n) is 1.60. The highest BCUT2D eigenvalue weighted by atomic mass is 16.5. The number of nitrogens with one attached hydrogen (secondary N) is 1. The van der Waals surface area contributed by atoms with Gasteiger partial charge in [0.2, 0.25) is 0 Å². The molecule has 0 spiro atoms. The average molecular weight is 247 g/mol. The Bertz CT molecular complexity index is 409. The third-order valence-electron chi connectivity index (χ3n) is 2.84. The molecule has 0 aliphatic carbocycles. The summed E-state index contributed by atoms with van der Waals surface area (Å²) in [6.45, 7) is 2.71. The second-order valence-corrected chi connectivity index (χ2v) is 4.08. The molecule has 0 fully saturated rings. The third kappa shape index (κ3) is 3.97. The highest BCUT2D eigenvalue weighted by Crippen LogP contribution is 2.30. The van der Waals surface area contributed by atoms with Crippen molar-refractivity contribution in [3.63, 3.8) is 0 Å². The van der Waals surface area contributed by atoms with Gasteiger partial charge in [-0.3, -0.25) is 0 Å². The Morgan fingerprint density at radius 2 is 2.17 bits per heavy atom. The largest absolute Gasteiger partial charge is 0.493 e. The first-order valence-corrected chi connectivity index (χ1v) is 6.14. The molecule has 3 heteroatoms. The van der Waals surface area contributed by atoms with E-state index in [9.17, 15) is 0 Å². The number of hydrogen-bond acceptors (Lipinski definition) is 3. The van der Waals surface area contributed by atoms with E-state index in [1.165, 1.54) is 5.56 Å². The molecule has 0 saturated carbocycles. The molecule has 0 amide bonds. The van der Waals surface area contributed by atoms with Crippen LogP contribution in [0.5, 0.6) is 11.5 Å². The molecule has 1 aromatic rings. The molecule has 1 atom stereocenters. The van der Waals surface area contributed by atoms with Gasteiger partial charge in [-0.1, -0.05) is 6.07 Å². The van der Waals surface area contributed by atoms with Gasteiger partial charge in [-0.15, -0.1) is 12.3 Å². The summed E-state index contributed by atoms with van der Waals surface area (Å²) in [4.78, 5) is 0. The van der Waals surface area contributed by atoms with Crippen LogP contribution in [0.25, 0.3) is 0 Å². The second-order valence-electron chi connectivity index (χ2n) is 4.08. The second kappa shape index (κ2) is 7.62. The van der Waals surface area contributed by atoms with Gasteiger partial charge in [-0.2, -0.15) is 0 Å². The highest BCUT2D eigenvalue weighted by molar-refractivity contribution is 5.43. The topological polar surface area (TPSA) is 30.5 Å². The molecule has 0 bridgehead atoms. The number of terminal acetylenes is 1. The normalized spacial score (nSPS) is 11.7. The van der Waals surface area contributed by atoms with Gasteiger partial charge in [0.05, 0.1) is 13.7 Å². The molecule has 0 heterocycles. The predicted octanol–water partition coefficient (Wildman–Crippen LogP) is 2.77. The van der Waals surface area contributed by atoms with Crippen LogP contribution in [0.1, 0.15) is 31.4 Å². The van der Waals surface area contributed by atoms with Gasteiger partial charge in [0, 0.05) is 12.5 Å². The van der Waals surface area contributed by atoms with Gasteiger partial charge in [0.1, 0.15) is 0 Å². The molecule has 1 N–H and O–H groups in total. The molecule has 98 valence electrons. The van der Waals surface area contributed by atoms with Gasteiger partial charge in [-0.05, 0) is 38.1 Å². The first kappa shape index (κ1) is 14.4. The molecule has 0 saturated heterocycles. The lowest BCUT2D eigenvalue weighted by atomic mass is 10.1. The Morgan fingerprint density at radius 3 is 2.78 bits per heavy atom. The summed E-state index contributed by atoms with van der Waals surface area (Å²) < 4.78 is 11.0. The van der Waals surface area contributed by atoms with Crippen LogP contribution < -0.4 is 14.8 Å². The van der Waals surface area contributed by atoms with Crippen molar-refractivity contribution >= 4 is 0 Å². The monoisotopic (exact) mass is 247 g/mol. The van der Waals surface area contributed by atoms with Crippen LogP contribution in [0.2, 0.25) is 0 Å². The van der Waals surface area contributed by atoms with E-state index in [4.69, 9.17) is 15.9 Å². The van der Waals surface area contributed by atoms with Gasteiger partial charge >= 0.3 is 0 Å². The Balaban J connectivity index is 2.71. The third-order valence-corrected chi connectivity index (χ3v) is 2.84. The van der Waals surface area contributed by atoms with Crippen molar-refractivity contribution in [3.05, 3.63) is 23.8 Å². The van der Waals surface area contributed by atoms with E-state index < -0.39 is 0 Å². The molecule has 0 aliphatic heterocycles. The Morgan fingerprint density at radius 1 is 1.39 bits per heavy atom. The van der Waals surface area contributed by atoms with Crippen LogP contribution in [0, 0.1) is 12.3 Å². The lowest BCUT2D eigenvalue weighted by Crippen LogP contribution is -2.12. The zero-order valence-electron chi connectivity index (χ0n) is 11.3. The van der Waals surface area contributed by atoms with Crippen molar-refractivity contribution < 1.29 is 9.47 Å². The summed E-state index contributed by atoms with van der Waals surface area (Å²) in [7, 11) is 3.58. The summed E-state index contributed by atoms with van der Waals surface area (Å²) >= 11 is 0. The maximum atomic E-state index is 5.66. The van der Waals surface area contributed by atoms with Crippen molar-refractivity contribution in [1.82, 2.24) is 5.32 Å². The van der Waals surface area contributed by atoms with E-state index in [1.807, 2.05) is 25.2 Å². The van der Waals surface area contributed by atoms with Crippen molar-refractivity contribution in [2.75, 3.05) is 20.8 Å². The zero-order valence-corrected chi connectivity index (χ0v) is 11.3. The van der Waals surface area contributed by atoms with Crippen molar-refractivity contribution in [1.29, 1.82) is 0 Å². The molecular formula is C15H21NO2. The highest BCUT2D eigenvalue weighted by Gasteiger charge is 2.09. The lowest BCUT2D eigenvalue weighted by Gasteiger charge is -2.15. The number of benzene rings is 1. The maximum absolute atomic E-state index is 5.66. The molecule has 0 aliphatic rings. The molecule has 1 aromatic carbocycles. The van der Waals surface area contributed by atoms with Gasteiger partial charge in [-0.25, -0.2) is 0 Å². The number of hydrogen-bond donors (Lipinski definition) is 1. The molecule has 0 aromatic heterocycles. The lowest BCUT2D eigenvalue weighted by molar-refractivity contribution is 0.290. The van der Waals surface area contributed by atoms with Crippen LogP contribution in [0.3, 0.4) is 0 Å². The summed E-state index contributed by atoms with van der Waals surface area (Å²) in [5.41, 5.74) is 1.17. The van der Waals surface area contributed by atoms with E-state index in [2.05, 4.69) is 18.2 Å². The number of ether oxygens (including phenoxy) is 2. The zero-order chi connectivity index (χ0) is 13.4. The average Bonchev–Trinajstić information content (AvgIpc) is 2.42. The fourth-order valence-corrected chi connectivity index (χ4v) is 1.60. The van der Waals surface area contributed by atoms with Gasteiger partial charge in [0.15, 0.2) is 11.5 Å². The van der Waals surface area contributed by atoms with Gasteiger partial charge < -0.3 is 14.8 Å². The maximum Gasteiger partial charge on any atom is 0.161 e. The minimum Gasteiger partial charge on any atom is -0.493 e. The Labute approximate surface area is 109 Å². The Hall–Kier alpha value is -1.66. The molecule has 1 unspecified atom stereocenters. The van der Waals surface area contributed by atoms with Crippen molar-refractivity contribution in [3.8, 4) is 23.8 Å². The van der Waals surface area contributed by atoms with Gasteiger partial charge in [0.25, 0.3) is 0 Å². The SMILES string of the molecule is C#CCCCOc1ccc(C(C)NC)cc1OC. The van der Waals surface area contributed by atoms with Crippen LogP contribution in [-0.4, -0.2) is 20.8 Å². The van der Waals surface area contributed by atoms with E-state index in [0.29, 0.717) is 6.61 Å². The van der Waals surface area contributed by atoms with Crippen molar-refractivity contribution in [2.24, 2.45) is 0 Å². The van der Waals surface area contributed by atoms with Crippen molar-refractivity contribution in [2.45, 2.75) is 25.8 Å². The van der Waals surface area contributed by atoms with E-state index in [-0.39, 0.29) is 6.04 Å². The standard InChI is InChI=1S/C15H21NO2/c1-5-6-7-10-18-14-9-8-13(12(2)16-3)11-15(14)17-4/h1,8-9,11-12,16H,6-7,10H2,2-4H3. The number of methoxy groups -OCH3 is 1. The Kier molecular flexibility index (Phi) is 6.10. The predicted molar refractivity (Wildman–Crippen MR) is 74.0 cm³/mol. The van der Waals surface area contributed by atoms with Crippen LogP contribution >= 0.6 is 0 Å². The first-order valence-electron chi connectivity index (χ1n) is 6.14. The minimum absolute atomic E-state index is 0.286. The summed E-state index contributed by atoms with van der Waals surface area (Å²) in [6.07, 6.45) is 6.78. The number of unbranched alkanes of at least 4 members (excludes halogenated alkanes) is 1. The first-order chi connectivity index (χ1) is 8.72. The molecular weight excluding hydrogens is 226 g/mol. The quantitative estimate of drug-likeness (QED) is 0.593. The summed E-state index contributed by atoms with van der Waals surface area (Å²) in [5.74, 6) is 4.12. The summed E-state index contributed by atoms with van der Waals surface area (Å²) in [5, 5.41) is 3.19. The van der Waals surface area contributed by atoms with Crippen LogP contribution in [0.15, 0.2) is 18.2 Å². The smallest absolute Gasteiger partial charge is 0.161 e. The summed E-state index contributed by atoms with van der Waals surface area (Å²) in [6, 6.07) is 6.27. The molecule has 1 rings (SSSR count). The van der Waals surface area contributed by atoms with E-state index in [0.717, 1.165) is 24.3 Å². The van der Waals surface area contributed by atoms with E-state index >= 15 is 0 Å². The minimum atomic E-state index is 0.286. The van der Waals surface area contributed by atoms with Crippen LogP contribution in [0.4, 0.5) is 0 Å². The molecule has 0 radical (unpaired) electrons. The van der Waals surface area contributed by atoms with E-state index in [1.54, 1.807) is 7.11 Å². The number of rotatable bonds is 7. The fraction of sp³-hybridized carbons (Fsp3) is 0.467. The van der Waals surface area contributed by atoms with Crippen LogP contribution in [-0.2, 0) is 0 Å².